The van der Waals surface area contributed by atoms with Crippen LogP contribution in [-0.4, -0.2) is 45.8 Å². The Hall–Kier alpha value is -3.40. The van der Waals surface area contributed by atoms with Gasteiger partial charge in [0.1, 0.15) is 10.5 Å². The van der Waals surface area contributed by atoms with E-state index in [0.717, 1.165) is 11.1 Å². The second kappa shape index (κ2) is 8.76. The second-order valence-corrected chi connectivity index (χ2v) is 7.96. The van der Waals surface area contributed by atoms with Crippen molar-refractivity contribution >= 4 is 33.2 Å². The van der Waals surface area contributed by atoms with Gasteiger partial charge in [0.25, 0.3) is 5.56 Å². The van der Waals surface area contributed by atoms with E-state index >= 15 is 0 Å². The molecule has 4 aromatic rings. The Morgan fingerprint density at radius 1 is 1.13 bits per heavy atom. The van der Waals surface area contributed by atoms with Crippen LogP contribution in [0.15, 0.2) is 34.4 Å². The second-order valence-electron chi connectivity index (χ2n) is 7.04. The van der Waals surface area contributed by atoms with Crippen molar-refractivity contribution in [2.45, 2.75) is 19.3 Å². The van der Waals surface area contributed by atoms with Crippen LogP contribution in [0.3, 0.4) is 0 Å². The molecule has 162 valence electrons. The van der Waals surface area contributed by atoms with Crippen LogP contribution in [0.5, 0.6) is 11.5 Å². The molecule has 0 spiro atoms. The molecule has 0 aliphatic rings. The van der Waals surface area contributed by atoms with Crippen LogP contribution >= 0.6 is 11.3 Å². The highest BCUT2D eigenvalue weighted by Gasteiger charge is 2.16. The van der Waals surface area contributed by atoms with Gasteiger partial charge < -0.3 is 14.8 Å². The number of carbonyl (C=O) groups is 1. The van der Waals surface area contributed by atoms with Crippen molar-refractivity contribution < 1.29 is 14.3 Å². The summed E-state index contributed by atoms with van der Waals surface area (Å²) >= 11 is 1.39. The molecule has 0 aliphatic carbocycles. The molecule has 1 aromatic carbocycles. The maximum Gasteiger partial charge on any atom is 0.272 e. The van der Waals surface area contributed by atoms with Crippen molar-refractivity contribution in [2.24, 2.45) is 7.05 Å². The van der Waals surface area contributed by atoms with Crippen molar-refractivity contribution in [3.05, 3.63) is 51.4 Å². The van der Waals surface area contributed by atoms with Crippen LogP contribution in [0.4, 0.5) is 0 Å². The van der Waals surface area contributed by atoms with E-state index in [2.05, 4.69) is 15.5 Å². The maximum atomic E-state index is 12.4. The number of nitrogens with zero attached hydrogens (tertiary/aromatic N) is 4. The van der Waals surface area contributed by atoms with Crippen LogP contribution in [0.1, 0.15) is 17.8 Å². The Labute approximate surface area is 182 Å². The van der Waals surface area contributed by atoms with Gasteiger partial charge in [-0.25, -0.2) is 0 Å². The van der Waals surface area contributed by atoms with E-state index < -0.39 is 0 Å². The topological polar surface area (TPSA) is 99.7 Å². The fourth-order valence-corrected chi connectivity index (χ4v) is 4.36. The van der Waals surface area contributed by atoms with Gasteiger partial charge in [-0.15, -0.1) is 21.5 Å². The summed E-state index contributed by atoms with van der Waals surface area (Å²) in [5.41, 5.74) is 1.73. The van der Waals surface area contributed by atoms with Gasteiger partial charge >= 0.3 is 0 Å². The molecule has 0 bridgehead atoms. The van der Waals surface area contributed by atoms with Gasteiger partial charge in [-0.3, -0.25) is 18.6 Å². The molecule has 1 amide bonds. The molecular weight excluding hydrogens is 418 g/mol. The molecule has 3 aromatic heterocycles. The number of aromatic nitrogens is 4. The normalized spacial score (nSPS) is 11.2. The number of fused-ring (bicyclic) bond motifs is 3. The first-order chi connectivity index (χ1) is 15.0. The van der Waals surface area contributed by atoms with E-state index in [1.54, 1.807) is 21.3 Å². The van der Waals surface area contributed by atoms with Gasteiger partial charge in [0.15, 0.2) is 11.5 Å². The number of nitrogens with one attached hydrogen (secondary N) is 1. The highest BCUT2D eigenvalue weighted by Crippen LogP contribution is 2.27. The minimum atomic E-state index is -0.0932. The van der Waals surface area contributed by atoms with E-state index in [1.165, 1.54) is 15.9 Å². The van der Waals surface area contributed by atoms with E-state index in [0.29, 0.717) is 47.2 Å². The average molecular weight is 442 g/mol. The first-order valence-corrected chi connectivity index (χ1v) is 10.7. The van der Waals surface area contributed by atoms with Crippen LogP contribution in [-0.2, 0) is 24.7 Å². The summed E-state index contributed by atoms with van der Waals surface area (Å²) in [6, 6.07) is 7.59. The number of benzene rings is 1. The van der Waals surface area contributed by atoms with Gasteiger partial charge in [0.2, 0.25) is 11.7 Å². The number of thiophene rings is 1. The van der Waals surface area contributed by atoms with E-state index in [1.807, 2.05) is 34.0 Å². The van der Waals surface area contributed by atoms with Gasteiger partial charge in [-0.1, -0.05) is 6.07 Å². The molecular formula is C21H23N5O4S. The number of amides is 1. The Bertz CT molecular complexity index is 1310. The third kappa shape index (κ3) is 3.98. The molecule has 0 aliphatic heterocycles. The predicted molar refractivity (Wildman–Crippen MR) is 118 cm³/mol. The zero-order chi connectivity index (χ0) is 22.0. The van der Waals surface area contributed by atoms with Gasteiger partial charge in [0.05, 0.1) is 19.7 Å². The van der Waals surface area contributed by atoms with Gasteiger partial charge in [0, 0.05) is 26.4 Å². The number of hydrogen-bond donors (Lipinski definition) is 1. The Balaban J connectivity index is 1.39. The first-order valence-electron chi connectivity index (χ1n) is 9.81. The molecule has 0 atom stereocenters. The monoisotopic (exact) mass is 441 g/mol. The average Bonchev–Trinajstić information content (AvgIpc) is 3.43. The minimum absolute atomic E-state index is 0.0661. The predicted octanol–water partition coefficient (Wildman–Crippen LogP) is 1.95. The van der Waals surface area contributed by atoms with Crippen LogP contribution in [0.2, 0.25) is 0 Å². The molecule has 10 heteroatoms. The summed E-state index contributed by atoms with van der Waals surface area (Å²) in [7, 11) is 4.87. The Kier molecular flexibility index (Phi) is 5.90. The van der Waals surface area contributed by atoms with Crippen LogP contribution in [0, 0.1) is 0 Å². The number of aryl methyl sites for hydroxylation is 2. The number of rotatable bonds is 8. The SMILES string of the molecule is COc1ccc(CCNC(=O)CCc2nnc3n(C)c(=O)c4sccc4n23)cc1OC. The molecule has 0 unspecified atom stereocenters. The summed E-state index contributed by atoms with van der Waals surface area (Å²) in [5, 5.41) is 13.2. The highest BCUT2D eigenvalue weighted by atomic mass is 32.1. The molecule has 0 saturated carbocycles. The van der Waals surface area contributed by atoms with Crippen molar-refractivity contribution in [1.82, 2.24) is 24.5 Å². The zero-order valence-corrected chi connectivity index (χ0v) is 18.4. The standard InChI is InChI=1S/C21H23N5O4S/c1-25-20(28)19-14(9-11-31-19)26-17(23-24-21(25)26)6-7-18(27)22-10-8-13-4-5-15(29-2)16(12-13)30-3/h4-5,9,11-12H,6-8,10H2,1-3H3,(H,22,27). The maximum absolute atomic E-state index is 12.4. The lowest BCUT2D eigenvalue weighted by molar-refractivity contribution is -0.121. The highest BCUT2D eigenvalue weighted by molar-refractivity contribution is 7.17. The minimum Gasteiger partial charge on any atom is -0.493 e. The summed E-state index contributed by atoms with van der Waals surface area (Å²) in [4.78, 5) is 24.8. The lowest BCUT2D eigenvalue weighted by atomic mass is 10.1. The van der Waals surface area contributed by atoms with Crippen molar-refractivity contribution in [3.8, 4) is 11.5 Å². The van der Waals surface area contributed by atoms with Crippen molar-refractivity contribution in [3.63, 3.8) is 0 Å². The van der Waals surface area contributed by atoms with Gasteiger partial charge in [-0.2, -0.15) is 0 Å². The number of hydrogen-bond acceptors (Lipinski definition) is 7. The third-order valence-electron chi connectivity index (χ3n) is 5.16. The summed E-state index contributed by atoms with van der Waals surface area (Å²) in [6.45, 7) is 0.512. The quantitative estimate of drug-likeness (QED) is 0.449. The van der Waals surface area contributed by atoms with E-state index in [4.69, 9.17) is 9.47 Å². The number of methoxy groups -OCH3 is 2. The third-order valence-corrected chi connectivity index (χ3v) is 6.05. The summed E-state index contributed by atoms with van der Waals surface area (Å²) < 4.78 is 14.5. The fraction of sp³-hybridized carbons (Fsp3) is 0.333. The molecule has 0 saturated heterocycles. The number of ether oxygens (including phenoxy) is 2. The van der Waals surface area contributed by atoms with E-state index in [9.17, 15) is 9.59 Å². The molecule has 1 N–H and O–H groups in total. The fourth-order valence-electron chi connectivity index (χ4n) is 3.51. The molecule has 0 radical (unpaired) electrons. The first kappa shape index (κ1) is 20.9. The lowest BCUT2D eigenvalue weighted by Gasteiger charge is -2.10. The number of carbonyl (C=O) groups excluding carboxylic acids is 1. The Morgan fingerprint density at radius 2 is 1.94 bits per heavy atom. The summed E-state index contributed by atoms with van der Waals surface area (Å²) in [5.74, 6) is 2.40. The van der Waals surface area contributed by atoms with Crippen LogP contribution < -0.4 is 20.3 Å². The summed E-state index contributed by atoms with van der Waals surface area (Å²) in [6.07, 6.45) is 1.38. The van der Waals surface area contributed by atoms with Crippen molar-refractivity contribution in [2.75, 3.05) is 20.8 Å². The van der Waals surface area contributed by atoms with Crippen molar-refractivity contribution in [1.29, 1.82) is 0 Å². The van der Waals surface area contributed by atoms with E-state index in [-0.39, 0.29) is 17.9 Å². The molecule has 4 rings (SSSR count). The smallest absolute Gasteiger partial charge is 0.272 e. The largest absolute Gasteiger partial charge is 0.493 e. The zero-order valence-electron chi connectivity index (χ0n) is 17.5. The molecule has 3 heterocycles. The van der Waals surface area contributed by atoms with Gasteiger partial charge in [-0.05, 0) is 35.6 Å². The molecule has 0 fully saturated rings. The molecule has 9 nitrogen and oxygen atoms in total. The molecule has 31 heavy (non-hydrogen) atoms. The van der Waals surface area contributed by atoms with Crippen LogP contribution in [0.25, 0.3) is 16.0 Å². The lowest BCUT2D eigenvalue weighted by Crippen LogP contribution is -2.26. The Morgan fingerprint density at radius 3 is 2.71 bits per heavy atom.